The third-order valence-electron chi connectivity index (χ3n) is 4.39. The molecule has 1 aromatic heterocycles. The monoisotopic (exact) mass is 402 g/mol. The lowest BCUT2D eigenvalue weighted by molar-refractivity contribution is 0.0440. The second-order valence-electron chi connectivity index (χ2n) is 6.47. The van der Waals surface area contributed by atoms with Crippen LogP contribution in [0.5, 0.6) is 5.75 Å². The van der Waals surface area contributed by atoms with Crippen LogP contribution in [0.25, 0.3) is 16.9 Å². The van der Waals surface area contributed by atoms with Gasteiger partial charge in [-0.1, -0.05) is 48.5 Å². The Bertz CT molecular complexity index is 1110. The van der Waals surface area contributed by atoms with E-state index in [1.54, 1.807) is 10.7 Å². The molecule has 0 saturated heterocycles. The number of halogens is 1. The van der Waals surface area contributed by atoms with E-state index in [2.05, 4.69) is 5.10 Å². The van der Waals surface area contributed by atoms with Crippen molar-refractivity contribution in [3.8, 4) is 22.7 Å². The molecule has 0 amide bonds. The van der Waals surface area contributed by atoms with Crippen molar-refractivity contribution in [3.63, 3.8) is 0 Å². The molecule has 0 fully saturated rings. The fourth-order valence-corrected chi connectivity index (χ4v) is 2.94. The van der Waals surface area contributed by atoms with Crippen molar-refractivity contribution in [1.29, 1.82) is 0 Å². The second-order valence-corrected chi connectivity index (χ2v) is 6.47. The molecule has 0 aliphatic rings. The predicted octanol–water partition coefficient (Wildman–Crippen LogP) is 4.91. The van der Waals surface area contributed by atoms with Gasteiger partial charge in [0.2, 0.25) is 0 Å². The van der Waals surface area contributed by atoms with Crippen LogP contribution in [0.2, 0.25) is 0 Å². The molecule has 30 heavy (non-hydrogen) atoms. The minimum atomic E-state index is -0.503. The molecule has 4 rings (SSSR count). The minimum absolute atomic E-state index is 0.0524. The van der Waals surface area contributed by atoms with Gasteiger partial charge in [0.05, 0.1) is 11.4 Å². The van der Waals surface area contributed by atoms with Gasteiger partial charge in [-0.15, -0.1) is 0 Å². The Hall–Kier alpha value is -3.93. The predicted molar refractivity (Wildman–Crippen MR) is 111 cm³/mol. The SMILES string of the molecule is O=C(OCCOc1ccc(F)cc1)c1cc(-c2ccccc2)nn1-c1ccccc1. The van der Waals surface area contributed by atoms with Crippen molar-refractivity contribution >= 4 is 5.97 Å². The van der Waals surface area contributed by atoms with Crippen LogP contribution in [0, 0.1) is 5.82 Å². The Labute approximate surface area is 173 Å². The summed E-state index contributed by atoms with van der Waals surface area (Å²) in [5.41, 5.74) is 2.66. The van der Waals surface area contributed by atoms with Crippen LogP contribution in [0.15, 0.2) is 91.0 Å². The standard InChI is InChI=1S/C24H19FN2O3/c25-19-11-13-21(14-12-19)29-15-16-30-24(28)23-17-22(18-7-3-1-4-8-18)26-27(23)20-9-5-2-6-10-20/h1-14,17H,15-16H2. The fraction of sp³-hybridized carbons (Fsp3) is 0.0833. The molecule has 0 aliphatic carbocycles. The van der Waals surface area contributed by atoms with E-state index in [-0.39, 0.29) is 19.0 Å². The van der Waals surface area contributed by atoms with Crippen LogP contribution in [0.1, 0.15) is 10.5 Å². The van der Waals surface area contributed by atoms with Crippen LogP contribution in [0.3, 0.4) is 0 Å². The van der Waals surface area contributed by atoms with E-state index in [0.717, 1.165) is 11.3 Å². The maximum atomic E-state index is 12.9. The molecule has 0 radical (unpaired) electrons. The number of nitrogens with zero attached hydrogens (tertiary/aromatic N) is 2. The zero-order chi connectivity index (χ0) is 20.8. The molecule has 0 aliphatic heterocycles. The number of ether oxygens (including phenoxy) is 2. The van der Waals surface area contributed by atoms with E-state index in [9.17, 15) is 9.18 Å². The lowest BCUT2D eigenvalue weighted by Crippen LogP contribution is -2.16. The molecule has 0 bridgehead atoms. The molecule has 5 nitrogen and oxygen atoms in total. The lowest BCUT2D eigenvalue weighted by atomic mass is 10.1. The van der Waals surface area contributed by atoms with Crippen LogP contribution in [0.4, 0.5) is 4.39 Å². The Morgan fingerprint density at radius 2 is 1.53 bits per heavy atom. The van der Waals surface area contributed by atoms with Crippen LogP contribution in [-0.2, 0) is 4.74 Å². The van der Waals surface area contributed by atoms with E-state index < -0.39 is 5.97 Å². The first-order chi connectivity index (χ1) is 14.7. The van der Waals surface area contributed by atoms with Gasteiger partial charge in [-0.2, -0.15) is 5.10 Å². The minimum Gasteiger partial charge on any atom is -0.490 e. The second kappa shape index (κ2) is 9.05. The number of para-hydroxylation sites is 1. The third kappa shape index (κ3) is 4.55. The molecule has 0 N–H and O–H groups in total. The smallest absolute Gasteiger partial charge is 0.357 e. The highest BCUT2D eigenvalue weighted by Gasteiger charge is 2.19. The first-order valence-corrected chi connectivity index (χ1v) is 9.47. The topological polar surface area (TPSA) is 53.4 Å². The van der Waals surface area contributed by atoms with Crippen molar-refractivity contribution in [1.82, 2.24) is 9.78 Å². The molecule has 6 heteroatoms. The molecule has 1 heterocycles. The highest BCUT2D eigenvalue weighted by Crippen LogP contribution is 2.22. The zero-order valence-electron chi connectivity index (χ0n) is 16.1. The average Bonchev–Trinajstić information content (AvgIpc) is 3.25. The summed E-state index contributed by atoms with van der Waals surface area (Å²) in [4.78, 5) is 12.8. The van der Waals surface area contributed by atoms with E-state index in [1.807, 2.05) is 60.7 Å². The number of carbonyl (C=O) groups is 1. The summed E-state index contributed by atoms with van der Waals surface area (Å²) in [6, 6.07) is 26.4. The molecular weight excluding hydrogens is 383 g/mol. The number of rotatable bonds is 7. The summed E-state index contributed by atoms with van der Waals surface area (Å²) < 4.78 is 25.4. The van der Waals surface area contributed by atoms with Gasteiger partial charge in [-0.25, -0.2) is 13.9 Å². The van der Waals surface area contributed by atoms with E-state index in [4.69, 9.17) is 9.47 Å². The Morgan fingerprint density at radius 3 is 2.23 bits per heavy atom. The summed E-state index contributed by atoms with van der Waals surface area (Å²) in [5.74, 6) is -0.332. The number of benzene rings is 3. The number of hydrogen-bond donors (Lipinski definition) is 0. The Balaban J connectivity index is 1.49. The van der Waals surface area contributed by atoms with E-state index in [0.29, 0.717) is 17.1 Å². The van der Waals surface area contributed by atoms with E-state index in [1.165, 1.54) is 24.3 Å². The van der Waals surface area contributed by atoms with Crippen molar-refractivity contribution in [2.24, 2.45) is 0 Å². The summed E-state index contributed by atoms with van der Waals surface area (Å²) in [7, 11) is 0. The molecule has 0 unspecified atom stereocenters. The van der Waals surface area contributed by atoms with E-state index >= 15 is 0 Å². The summed E-state index contributed by atoms with van der Waals surface area (Å²) in [6.07, 6.45) is 0. The fourth-order valence-electron chi connectivity index (χ4n) is 2.94. The largest absolute Gasteiger partial charge is 0.490 e. The van der Waals surface area contributed by atoms with Gasteiger partial charge < -0.3 is 9.47 Å². The van der Waals surface area contributed by atoms with Gasteiger partial charge in [0.25, 0.3) is 0 Å². The molecule has 4 aromatic rings. The number of carbonyl (C=O) groups excluding carboxylic acids is 1. The van der Waals surface area contributed by atoms with Gasteiger partial charge in [0.15, 0.2) is 5.69 Å². The van der Waals surface area contributed by atoms with Crippen molar-refractivity contribution in [2.75, 3.05) is 13.2 Å². The number of aromatic nitrogens is 2. The van der Waals surface area contributed by atoms with Crippen LogP contribution >= 0.6 is 0 Å². The Morgan fingerprint density at radius 1 is 0.867 bits per heavy atom. The highest BCUT2D eigenvalue weighted by atomic mass is 19.1. The van der Waals surface area contributed by atoms with Gasteiger partial charge in [0.1, 0.15) is 24.8 Å². The average molecular weight is 402 g/mol. The first kappa shape index (κ1) is 19.4. The lowest BCUT2D eigenvalue weighted by Gasteiger charge is -2.09. The van der Waals surface area contributed by atoms with Crippen molar-refractivity contribution in [2.45, 2.75) is 0 Å². The van der Waals surface area contributed by atoms with Gasteiger partial charge in [-0.3, -0.25) is 0 Å². The van der Waals surface area contributed by atoms with Crippen molar-refractivity contribution < 1.29 is 18.7 Å². The molecule has 150 valence electrons. The van der Waals surface area contributed by atoms with Crippen molar-refractivity contribution in [3.05, 3.63) is 103 Å². The maximum absolute atomic E-state index is 12.9. The Kier molecular flexibility index (Phi) is 5.85. The molecule has 0 saturated carbocycles. The maximum Gasteiger partial charge on any atom is 0.357 e. The van der Waals surface area contributed by atoms with Crippen LogP contribution in [-0.4, -0.2) is 29.0 Å². The summed E-state index contributed by atoms with van der Waals surface area (Å²) in [6.45, 7) is 0.208. The molecule has 0 atom stereocenters. The number of esters is 1. The van der Waals surface area contributed by atoms with Crippen LogP contribution < -0.4 is 4.74 Å². The summed E-state index contributed by atoms with van der Waals surface area (Å²) in [5, 5.41) is 4.60. The molecular formula is C24H19FN2O3. The quantitative estimate of drug-likeness (QED) is 0.325. The van der Waals surface area contributed by atoms with Gasteiger partial charge in [0, 0.05) is 5.56 Å². The van der Waals surface area contributed by atoms with Gasteiger partial charge >= 0.3 is 5.97 Å². The molecule has 3 aromatic carbocycles. The normalized spacial score (nSPS) is 10.6. The zero-order valence-corrected chi connectivity index (χ0v) is 16.1. The summed E-state index contributed by atoms with van der Waals surface area (Å²) >= 11 is 0. The third-order valence-corrected chi connectivity index (χ3v) is 4.39. The first-order valence-electron chi connectivity index (χ1n) is 9.47. The highest BCUT2D eigenvalue weighted by molar-refractivity contribution is 5.89. The van der Waals surface area contributed by atoms with Gasteiger partial charge in [-0.05, 0) is 42.5 Å². The molecule has 0 spiro atoms. The number of hydrogen-bond acceptors (Lipinski definition) is 4.